The van der Waals surface area contributed by atoms with Crippen LogP contribution in [-0.2, 0) is 6.42 Å². The largest absolute Gasteiger partial charge is 0.313 e. The van der Waals surface area contributed by atoms with Crippen molar-refractivity contribution in [1.29, 1.82) is 0 Å². The molecule has 1 nitrogen and oxygen atoms in total. The zero-order chi connectivity index (χ0) is 14.7. The Morgan fingerprint density at radius 3 is 2.70 bits per heavy atom. The summed E-state index contributed by atoms with van der Waals surface area (Å²) in [4.78, 5) is 0. The lowest BCUT2D eigenvalue weighted by molar-refractivity contribution is 0.570. The molecular weight excluding hydrogens is 348 g/mol. The zero-order valence-electron chi connectivity index (χ0n) is 10.8. The van der Waals surface area contributed by atoms with Gasteiger partial charge in [-0.05, 0) is 48.9 Å². The molecule has 0 aliphatic rings. The topological polar surface area (TPSA) is 12.0 Å². The van der Waals surface area contributed by atoms with Gasteiger partial charge in [-0.1, -0.05) is 39.7 Å². The molecule has 5 heteroatoms. The fraction of sp³-hybridized carbons (Fsp3) is 0.200. The predicted molar refractivity (Wildman–Crippen MR) is 81.0 cm³/mol. The molecule has 0 aromatic heterocycles. The van der Waals surface area contributed by atoms with Crippen LogP contribution in [0.3, 0.4) is 0 Å². The lowest BCUT2D eigenvalue weighted by atomic mass is 9.99. The lowest BCUT2D eigenvalue weighted by Crippen LogP contribution is -2.19. The van der Waals surface area contributed by atoms with Crippen molar-refractivity contribution < 1.29 is 8.78 Å². The second kappa shape index (κ2) is 6.66. The maximum Gasteiger partial charge on any atom is 0.142 e. The third-order valence-corrected chi connectivity index (χ3v) is 4.28. The summed E-state index contributed by atoms with van der Waals surface area (Å²) in [7, 11) is 1.77. The molecule has 2 aromatic rings. The molecule has 0 spiro atoms. The van der Waals surface area contributed by atoms with Gasteiger partial charge in [0.15, 0.2) is 0 Å². The summed E-state index contributed by atoms with van der Waals surface area (Å²) in [6.45, 7) is 0. The van der Waals surface area contributed by atoms with Crippen LogP contribution >= 0.6 is 27.5 Å². The quantitative estimate of drug-likeness (QED) is 0.819. The number of hydrogen-bond acceptors (Lipinski definition) is 1. The van der Waals surface area contributed by atoms with Crippen molar-refractivity contribution in [1.82, 2.24) is 5.32 Å². The molecule has 0 aliphatic carbocycles. The molecule has 0 bridgehead atoms. The van der Waals surface area contributed by atoms with Crippen molar-refractivity contribution in [2.24, 2.45) is 0 Å². The van der Waals surface area contributed by atoms with Crippen LogP contribution in [0.1, 0.15) is 17.2 Å². The van der Waals surface area contributed by atoms with E-state index in [0.29, 0.717) is 12.0 Å². The summed E-state index contributed by atoms with van der Waals surface area (Å²) in [5.74, 6) is -0.758. The van der Waals surface area contributed by atoms with Crippen molar-refractivity contribution >= 4 is 27.5 Å². The van der Waals surface area contributed by atoms with E-state index in [0.717, 1.165) is 10.0 Å². The molecule has 1 unspecified atom stereocenters. The summed E-state index contributed by atoms with van der Waals surface area (Å²) in [6.07, 6.45) is 0.467. The Hall–Kier alpha value is -0.970. The highest BCUT2D eigenvalue weighted by atomic mass is 79.9. The number of likely N-dealkylation sites (N-methyl/N-ethyl adjacent to an activating group) is 1. The number of rotatable bonds is 4. The molecule has 0 amide bonds. The van der Waals surface area contributed by atoms with E-state index in [9.17, 15) is 8.78 Å². The third-order valence-electron chi connectivity index (χ3n) is 3.14. The third kappa shape index (κ3) is 3.37. The molecule has 1 N–H and O–H groups in total. The minimum atomic E-state index is -0.447. The van der Waals surface area contributed by atoms with E-state index in [2.05, 4.69) is 21.2 Å². The molecule has 0 fully saturated rings. The van der Waals surface area contributed by atoms with Crippen LogP contribution in [0, 0.1) is 11.6 Å². The Labute approximate surface area is 130 Å². The van der Waals surface area contributed by atoms with E-state index in [4.69, 9.17) is 11.6 Å². The standard InChI is InChI=1S/C15H13BrClF2N/c1-20-14(11-8-10(18)5-6-12(11)16)7-9-3-2-4-13(19)15(9)17/h2-6,8,14,20H,7H2,1H3. The average Bonchev–Trinajstić information content (AvgIpc) is 2.43. The maximum atomic E-state index is 13.5. The molecule has 0 saturated heterocycles. The smallest absolute Gasteiger partial charge is 0.142 e. The Morgan fingerprint density at radius 1 is 1.25 bits per heavy atom. The van der Waals surface area contributed by atoms with Crippen molar-refractivity contribution in [3.05, 3.63) is 68.7 Å². The Kier molecular flexibility index (Phi) is 5.13. The normalized spacial score (nSPS) is 12.4. The molecule has 2 aromatic carbocycles. The maximum absolute atomic E-state index is 13.5. The number of nitrogens with one attached hydrogen (secondary N) is 1. The molecule has 1 atom stereocenters. The van der Waals surface area contributed by atoms with Gasteiger partial charge in [0.1, 0.15) is 11.6 Å². The van der Waals surface area contributed by atoms with Crippen molar-refractivity contribution in [3.63, 3.8) is 0 Å². The fourth-order valence-corrected chi connectivity index (χ4v) is 2.80. The van der Waals surface area contributed by atoms with Gasteiger partial charge in [0.05, 0.1) is 5.02 Å². The number of benzene rings is 2. The highest BCUT2D eigenvalue weighted by molar-refractivity contribution is 9.10. The van der Waals surface area contributed by atoms with E-state index in [1.54, 1.807) is 25.2 Å². The summed E-state index contributed by atoms with van der Waals surface area (Å²) in [6, 6.07) is 9.03. The van der Waals surface area contributed by atoms with Crippen LogP contribution in [0.5, 0.6) is 0 Å². The first-order chi connectivity index (χ1) is 9.52. The van der Waals surface area contributed by atoms with Gasteiger partial charge in [-0.15, -0.1) is 0 Å². The first-order valence-electron chi connectivity index (χ1n) is 6.08. The summed E-state index contributed by atoms with van der Waals surface area (Å²) >= 11 is 9.37. The predicted octanol–water partition coefficient (Wildman–Crippen LogP) is 4.88. The van der Waals surface area contributed by atoms with Gasteiger partial charge in [-0.2, -0.15) is 0 Å². The van der Waals surface area contributed by atoms with Crippen molar-refractivity contribution in [2.75, 3.05) is 7.05 Å². The van der Waals surface area contributed by atoms with Crippen LogP contribution in [0.4, 0.5) is 8.78 Å². The second-order valence-electron chi connectivity index (χ2n) is 4.42. The molecule has 0 saturated carbocycles. The van der Waals surface area contributed by atoms with Crippen LogP contribution < -0.4 is 5.32 Å². The van der Waals surface area contributed by atoms with E-state index in [1.807, 2.05) is 0 Å². The Bertz CT molecular complexity index is 619. The highest BCUT2D eigenvalue weighted by Crippen LogP contribution is 2.29. The van der Waals surface area contributed by atoms with E-state index < -0.39 is 5.82 Å². The number of halogens is 4. The molecule has 106 valence electrons. The van der Waals surface area contributed by atoms with Gasteiger partial charge in [0.25, 0.3) is 0 Å². The molecule has 0 heterocycles. The van der Waals surface area contributed by atoms with E-state index >= 15 is 0 Å². The van der Waals surface area contributed by atoms with Gasteiger partial charge in [-0.3, -0.25) is 0 Å². The zero-order valence-corrected chi connectivity index (χ0v) is 13.1. The minimum Gasteiger partial charge on any atom is -0.313 e. The van der Waals surface area contributed by atoms with Crippen LogP contribution in [0.2, 0.25) is 5.02 Å². The minimum absolute atomic E-state index is 0.111. The lowest BCUT2D eigenvalue weighted by Gasteiger charge is -2.19. The van der Waals surface area contributed by atoms with E-state index in [-0.39, 0.29) is 16.9 Å². The first-order valence-corrected chi connectivity index (χ1v) is 7.25. The highest BCUT2D eigenvalue weighted by Gasteiger charge is 2.16. The summed E-state index contributed by atoms with van der Waals surface area (Å²) in [5, 5.41) is 3.22. The van der Waals surface area contributed by atoms with Crippen LogP contribution in [-0.4, -0.2) is 7.05 Å². The molecule has 0 radical (unpaired) electrons. The fourth-order valence-electron chi connectivity index (χ4n) is 2.08. The monoisotopic (exact) mass is 359 g/mol. The average molecular weight is 361 g/mol. The van der Waals surface area contributed by atoms with Crippen molar-refractivity contribution in [3.8, 4) is 0 Å². The van der Waals surface area contributed by atoms with Gasteiger partial charge < -0.3 is 5.32 Å². The molecule has 20 heavy (non-hydrogen) atoms. The van der Waals surface area contributed by atoms with Gasteiger partial charge in [0, 0.05) is 10.5 Å². The SMILES string of the molecule is CNC(Cc1cccc(F)c1Cl)c1cc(F)ccc1Br. The molecule has 2 rings (SSSR count). The Morgan fingerprint density at radius 2 is 2.00 bits per heavy atom. The van der Waals surface area contributed by atoms with Gasteiger partial charge in [-0.25, -0.2) is 8.78 Å². The Balaban J connectivity index is 2.34. The first kappa shape index (κ1) is 15.4. The second-order valence-corrected chi connectivity index (χ2v) is 5.66. The van der Waals surface area contributed by atoms with E-state index in [1.165, 1.54) is 18.2 Å². The summed E-state index contributed by atoms with van der Waals surface area (Å²) < 4.78 is 27.6. The van der Waals surface area contributed by atoms with Crippen LogP contribution in [0.15, 0.2) is 40.9 Å². The van der Waals surface area contributed by atoms with Crippen LogP contribution in [0.25, 0.3) is 0 Å². The van der Waals surface area contributed by atoms with Gasteiger partial charge >= 0.3 is 0 Å². The molecular formula is C15H13BrClF2N. The molecule has 0 aliphatic heterocycles. The number of hydrogen-bond donors (Lipinski definition) is 1. The summed E-state index contributed by atoms with van der Waals surface area (Å²) in [5.41, 5.74) is 1.45. The van der Waals surface area contributed by atoms with Gasteiger partial charge in [0.2, 0.25) is 0 Å². The van der Waals surface area contributed by atoms with Crippen molar-refractivity contribution in [2.45, 2.75) is 12.5 Å².